The van der Waals surface area contributed by atoms with Gasteiger partial charge in [0.2, 0.25) is 0 Å². The molecule has 12 heavy (non-hydrogen) atoms. The summed E-state index contributed by atoms with van der Waals surface area (Å²) in [5.74, 6) is -0.307. The number of nitrogens with zero attached hydrogens (tertiary/aromatic N) is 1. The van der Waals surface area contributed by atoms with Gasteiger partial charge in [0.05, 0.1) is 5.69 Å². The van der Waals surface area contributed by atoms with Crippen LogP contribution >= 0.6 is 0 Å². The van der Waals surface area contributed by atoms with Crippen molar-refractivity contribution < 1.29 is 4.39 Å². The van der Waals surface area contributed by atoms with E-state index in [1.54, 1.807) is 12.3 Å². The SMILES string of the molecule is CCCC(N)c1ncccc1F. The fraction of sp³-hybridized carbons (Fsp3) is 0.444. The van der Waals surface area contributed by atoms with Crippen LogP contribution in [0.1, 0.15) is 31.5 Å². The largest absolute Gasteiger partial charge is 0.323 e. The van der Waals surface area contributed by atoms with Gasteiger partial charge in [-0.1, -0.05) is 13.3 Å². The Balaban J connectivity index is 2.79. The maximum absolute atomic E-state index is 13.0. The minimum atomic E-state index is -0.307. The molecule has 1 heterocycles. The molecule has 0 aliphatic rings. The van der Waals surface area contributed by atoms with Crippen LogP contribution in [-0.4, -0.2) is 4.98 Å². The molecule has 2 N–H and O–H groups in total. The second kappa shape index (κ2) is 4.16. The van der Waals surface area contributed by atoms with Gasteiger partial charge >= 0.3 is 0 Å². The molecule has 0 fully saturated rings. The normalized spacial score (nSPS) is 12.9. The van der Waals surface area contributed by atoms with Gasteiger partial charge in [-0.3, -0.25) is 4.98 Å². The van der Waals surface area contributed by atoms with Crippen molar-refractivity contribution in [2.45, 2.75) is 25.8 Å². The molecule has 0 radical (unpaired) electrons. The summed E-state index contributed by atoms with van der Waals surface area (Å²) in [6.45, 7) is 2.01. The Hall–Kier alpha value is -0.960. The highest BCUT2D eigenvalue weighted by Gasteiger charge is 2.10. The highest BCUT2D eigenvalue weighted by atomic mass is 19.1. The smallest absolute Gasteiger partial charge is 0.146 e. The first-order valence-electron chi connectivity index (χ1n) is 4.11. The minimum absolute atomic E-state index is 0.267. The van der Waals surface area contributed by atoms with Crippen LogP contribution < -0.4 is 5.73 Å². The molecule has 1 unspecified atom stereocenters. The molecule has 2 nitrogen and oxygen atoms in total. The fourth-order valence-corrected chi connectivity index (χ4v) is 1.12. The minimum Gasteiger partial charge on any atom is -0.323 e. The van der Waals surface area contributed by atoms with Gasteiger partial charge in [-0.25, -0.2) is 4.39 Å². The average molecular weight is 168 g/mol. The van der Waals surface area contributed by atoms with E-state index in [9.17, 15) is 4.39 Å². The van der Waals surface area contributed by atoms with Crippen LogP contribution in [0.3, 0.4) is 0 Å². The Kier molecular flexibility index (Phi) is 3.17. The van der Waals surface area contributed by atoms with Crippen molar-refractivity contribution in [1.82, 2.24) is 4.98 Å². The Morgan fingerprint density at radius 1 is 1.67 bits per heavy atom. The summed E-state index contributed by atoms with van der Waals surface area (Å²) in [5.41, 5.74) is 6.08. The maximum atomic E-state index is 13.0. The number of rotatable bonds is 3. The fourth-order valence-electron chi connectivity index (χ4n) is 1.12. The van der Waals surface area contributed by atoms with E-state index in [4.69, 9.17) is 5.73 Å². The van der Waals surface area contributed by atoms with Crippen molar-refractivity contribution in [1.29, 1.82) is 0 Å². The molecule has 1 aromatic heterocycles. The van der Waals surface area contributed by atoms with E-state index >= 15 is 0 Å². The molecule has 66 valence electrons. The Bertz CT molecular complexity index is 250. The quantitative estimate of drug-likeness (QED) is 0.749. The van der Waals surface area contributed by atoms with Crippen molar-refractivity contribution in [3.63, 3.8) is 0 Å². The summed E-state index contributed by atoms with van der Waals surface area (Å²) in [6.07, 6.45) is 3.28. The van der Waals surface area contributed by atoms with Crippen molar-refractivity contribution in [3.8, 4) is 0 Å². The third-order valence-corrected chi connectivity index (χ3v) is 1.74. The van der Waals surface area contributed by atoms with Crippen LogP contribution in [0.4, 0.5) is 4.39 Å². The maximum Gasteiger partial charge on any atom is 0.146 e. The zero-order valence-electron chi connectivity index (χ0n) is 7.13. The monoisotopic (exact) mass is 168 g/mol. The summed E-state index contributed by atoms with van der Waals surface area (Å²) < 4.78 is 13.0. The van der Waals surface area contributed by atoms with Gasteiger partial charge in [-0.2, -0.15) is 0 Å². The molecule has 0 bridgehead atoms. The van der Waals surface area contributed by atoms with Crippen molar-refractivity contribution in [2.24, 2.45) is 5.73 Å². The predicted octanol–water partition coefficient (Wildman–Crippen LogP) is 2.02. The van der Waals surface area contributed by atoms with Gasteiger partial charge < -0.3 is 5.73 Å². The third-order valence-electron chi connectivity index (χ3n) is 1.74. The van der Waals surface area contributed by atoms with Crippen LogP contribution in [0.2, 0.25) is 0 Å². The first kappa shape index (κ1) is 9.13. The van der Waals surface area contributed by atoms with Crippen LogP contribution in [-0.2, 0) is 0 Å². The average Bonchev–Trinajstić information content (AvgIpc) is 2.05. The molecule has 0 spiro atoms. The number of hydrogen-bond donors (Lipinski definition) is 1. The van der Waals surface area contributed by atoms with Gasteiger partial charge in [0.15, 0.2) is 0 Å². The van der Waals surface area contributed by atoms with Crippen molar-refractivity contribution in [3.05, 3.63) is 29.8 Å². The summed E-state index contributed by atoms with van der Waals surface area (Å²) in [6, 6.07) is 2.69. The third kappa shape index (κ3) is 2.01. The van der Waals surface area contributed by atoms with Crippen LogP contribution in [0.15, 0.2) is 18.3 Å². The molecule has 1 rings (SSSR count). The van der Waals surface area contributed by atoms with E-state index in [1.165, 1.54) is 6.07 Å². The molecule has 0 saturated heterocycles. The molecule has 3 heteroatoms. The van der Waals surface area contributed by atoms with E-state index in [1.807, 2.05) is 6.92 Å². The molecule has 1 aromatic rings. The second-order valence-corrected chi connectivity index (χ2v) is 2.77. The molecule has 0 aliphatic heterocycles. The number of halogens is 1. The zero-order valence-corrected chi connectivity index (χ0v) is 7.13. The lowest BCUT2D eigenvalue weighted by Crippen LogP contribution is -2.13. The van der Waals surface area contributed by atoms with Gasteiger partial charge in [-0.15, -0.1) is 0 Å². The van der Waals surface area contributed by atoms with Crippen molar-refractivity contribution in [2.75, 3.05) is 0 Å². The van der Waals surface area contributed by atoms with Gasteiger partial charge in [-0.05, 0) is 18.6 Å². The van der Waals surface area contributed by atoms with Gasteiger partial charge in [0.1, 0.15) is 5.82 Å². The van der Waals surface area contributed by atoms with Crippen LogP contribution in [0.5, 0.6) is 0 Å². The summed E-state index contributed by atoms with van der Waals surface area (Å²) >= 11 is 0. The van der Waals surface area contributed by atoms with E-state index in [-0.39, 0.29) is 11.9 Å². The molecule has 0 aliphatic carbocycles. The lowest BCUT2D eigenvalue weighted by Gasteiger charge is -2.09. The van der Waals surface area contributed by atoms with Crippen LogP contribution in [0, 0.1) is 5.82 Å². The van der Waals surface area contributed by atoms with E-state index in [0.717, 1.165) is 12.8 Å². The van der Waals surface area contributed by atoms with Crippen LogP contribution in [0.25, 0.3) is 0 Å². The highest BCUT2D eigenvalue weighted by molar-refractivity contribution is 5.10. The Morgan fingerprint density at radius 2 is 2.42 bits per heavy atom. The summed E-state index contributed by atoms with van der Waals surface area (Å²) in [7, 11) is 0. The van der Waals surface area contributed by atoms with E-state index < -0.39 is 0 Å². The Labute approximate surface area is 71.6 Å². The molecule has 0 amide bonds. The summed E-state index contributed by atoms with van der Waals surface area (Å²) in [5, 5.41) is 0. The number of pyridine rings is 1. The molecule has 0 saturated carbocycles. The zero-order chi connectivity index (χ0) is 8.97. The molecule has 1 atom stereocenters. The highest BCUT2D eigenvalue weighted by Crippen LogP contribution is 2.15. The topological polar surface area (TPSA) is 38.9 Å². The standard InChI is InChI=1S/C9H13FN2/c1-2-4-8(11)9-7(10)5-3-6-12-9/h3,5-6,8H,2,4,11H2,1H3. The van der Waals surface area contributed by atoms with E-state index in [0.29, 0.717) is 5.69 Å². The van der Waals surface area contributed by atoms with Gasteiger partial charge in [0.25, 0.3) is 0 Å². The van der Waals surface area contributed by atoms with Gasteiger partial charge in [0, 0.05) is 12.2 Å². The summed E-state index contributed by atoms with van der Waals surface area (Å²) in [4.78, 5) is 3.90. The predicted molar refractivity (Wildman–Crippen MR) is 46.0 cm³/mol. The lowest BCUT2D eigenvalue weighted by molar-refractivity contribution is 0.543. The first-order chi connectivity index (χ1) is 5.75. The van der Waals surface area contributed by atoms with Crippen molar-refractivity contribution >= 4 is 0 Å². The molecular weight excluding hydrogens is 155 g/mol. The Morgan fingerprint density at radius 3 is 3.00 bits per heavy atom. The number of nitrogens with two attached hydrogens (primary N) is 1. The molecule has 0 aromatic carbocycles. The van der Waals surface area contributed by atoms with E-state index in [2.05, 4.69) is 4.98 Å². The second-order valence-electron chi connectivity index (χ2n) is 2.77. The lowest BCUT2D eigenvalue weighted by atomic mass is 10.1. The number of aromatic nitrogens is 1. The number of hydrogen-bond acceptors (Lipinski definition) is 2. The molecular formula is C9H13FN2. The first-order valence-corrected chi connectivity index (χ1v) is 4.11.